The Balaban J connectivity index is 1.95. The first-order chi connectivity index (χ1) is 11.5. The van der Waals surface area contributed by atoms with Crippen molar-refractivity contribution < 1.29 is 14.2 Å². The van der Waals surface area contributed by atoms with Crippen molar-refractivity contribution in [2.24, 2.45) is 0 Å². The van der Waals surface area contributed by atoms with Crippen molar-refractivity contribution >= 4 is 10.9 Å². The van der Waals surface area contributed by atoms with Gasteiger partial charge in [0.2, 0.25) is 0 Å². The normalized spacial score (nSPS) is 12.3. The molecule has 6 heteroatoms. The Morgan fingerprint density at radius 1 is 1.29 bits per heavy atom. The number of halogens is 1. The van der Waals surface area contributed by atoms with Crippen LogP contribution in [0.4, 0.5) is 4.39 Å². The standard InChI is InChI=1S/C18H17FN2O3/c1-11-7-12(19)3-5-14(11)17(22)9-21-10-20-16-8-13(24-2)4-6-15(16)18(21)23/h3-8,10,17,22H,9H2,1-2H3. The molecule has 1 atom stereocenters. The second-order valence-corrected chi connectivity index (χ2v) is 5.60. The van der Waals surface area contributed by atoms with Crippen LogP contribution in [0.25, 0.3) is 10.9 Å². The number of methoxy groups -OCH3 is 1. The molecule has 3 rings (SSSR count). The Morgan fingerprint density at radius 2 is 2.08 bits per heavy atom. The fourth-order valence-corrected chi connectivity index (χ4v) is 2.69. The fraction of sp³-hybridized carbons (Fsp3) is 0.222. The second kappa shape index (κ2) is 6.41. The van der Waals surface area contributed by atoms with E-state index in [0.29, 0.717) is 27.8 Å². The number of aliphatic hydroxyl groups excluding tert-OH is 1. The summed E-state index contributed by atoms with van der Waals surface area (Å²) in [6, 6.07) is 9.19. The summed E-state index contributed by atoms with van der Waals surface area (Å²) in [5, 5.41) is 10.8. The molecule has 1 heterocycles. The minimum Gasteiger partial charge on any atom is -0.497 e. The smallest absolute Gasteiger partial charge is 0.261 e. The number of benzene rings is 2. The largest absolute Gasteiger partial charge is 0.497 e. The Bertz CT molecular complexity index is 953. The summed E-state index contributed by atoms with van der Waals surface area (Å²) in [5.74, 6) is 0.260. The van der Waals surface area contributed by atoms with E-state index in [4.69, 9.17) is 4.74 Å². The van der Waals surface area contributed by atoms with Gasteiger partial charge in [-0.1, -0.05) is 6.07 Å². The van der Waals surface area contributed by atoms with Gasteiger partial charge in [-0.25, -0.2) is 9.37 Å². The summed E-state index contributed by atoms with van der Waals surface area (Å²) < 4.78 is 19.6. The molecule has 0 saturated heterocycles. The molecule has 1 unspecified atom stereocenters. The first-order valence-electron chi connectivity index (χ1n) is 7.47. The van der Waals surface area contributed by atoms with Gasteiger partial charge in [-0.15, -0.1) is 0 Å². The van der Waals surface area contributed by atoms with E-state index < -0.39 is 6.10 Å². The van der Waals surface area contributed by atoms with Gasteiger partial charge in [0.25, 0.3) is 5.56 Å². The summed E-state index contributed by atoms with van der Waals surface area (Å²) >= 11 is 0. The van der Waals surface area contributed by atoms with Gasteiger partial charge in [0.15, 0.2) is 0 Å². The van der Waals surface area contributed by atoms with Crippen LogP contribution in [-0.2, 0) is 6.54 Å². The van der Waals surface area contributed by atoms with E-state index >= 15 is 0 Å². The molecule has 0 aliphatic heterocycles. The molecule has 2 aromatic carbocycles. The van der Waals surface area contributed by atoms with E-state index in [0.717, 1.165) is 0 Å². The van der Waals surface area contributed by atoms with Gasteiger partial charge < -0.3 is 9.84 Å². The van der Waals surface area contributed by atoms with Gasteiger partial charge in [-0.3, -0.25) is 9.36 Å². The van der Waals surface area contributed by atoms with Crippen LogP contribution in [0.1, 0.15) is 17.2 Å². The number of ether oxygens (including phenoxy) is 1. The van der Waals surface area contributed by atoms with Gasteiger partial charge in [0.05, 0.1) is 37.0 Å². The molecule has 0 bridgehead atoms. The van der Waals surface area contributed by atoms with Crippen molar-refractivity contribution in [3.63, 3.8) is 0 Å². The van der Waals surface area contributed by atoms with Crippen LogP contribution in [0, 0.1) is 12.7 Å². The summed E-state index contributed by atoms with van der Waals surface area (Å²) in [6.07, 6.45) is 0.465. The van der Waals surface area contributed by atoms with Crippen LogP contribution in [-0.4, -0.2) is 21.8 Å². The molecule has 0 amide bonds. The van der Waals surface area contributed by atoms with Crippen molar-refractivity contribution in [2.75, 3.05) is 7.11 Å². The van der Waals surface area contributed by atoms with Gasteiger partial charge in [0, 0.05) is 6.07 Å². The second-order valence-electron chi connectivity index (χ2n) is 5.60. The highest BCUT2D eigenvalue weighted by Gasteiger charge is 2.14. The molecule has 124 valence electrons. The Kier molecular flexibility index (Phi) is 4.31. The van der Waals surface area contributed by atoms with E-state index in [2.05, 4.69) is 4.98 Å². The SMILES string of the molecule is COc1ccc2c(=O)n(CC(O)c3ccc(F)cc3C)cnc2c1. The lowest BCUT2D eigenvalue weighted by Crippen LogP contribution is -2.24. The third-order valence-corrected chi connectivity index (χ3v) is 3.99. The zero-order chi connectivity index (χ0) is 17.3. The number of hydrogen-bond donors (Lipinski definition) is 1. The molecular formula is C18H17FN2O3. The first kappa shape index (κ1) is 16.1. The average molecular weight is 328 g/mol. The lowest BCUT2D eigenvalue weighted by Gasteiger charge is -2.15. The van der Waals surface area contributed by atoms with Crippen molar-refractivity contribution in [2.45, 2.75) is 19.6 Å². The summed E-state index contributed by atoms with van der Waals surface area (Å²) in [5.41, 5.74) is 1.50. The average Bonchev–Trinajstić information content (AvgIpc) is 2.57. The summed E-state index contributed by atoms with van der Waals surface area (Å²) in [7, 11) is 1.55. The minimum absolute atomic E-state index is 0.0419. The maximum absolute atomic E-state index is 13.2. The third-order valence-electron chi connectivity index (χ3n) is 3.99. The number of hydrogen-bond acceptors (Lipinski definition) is 4. The highest BCUT2D eigenvalue weighted by atomic mass is 19.1. The number of nitrogens with zero attached hydrogens (tertiary/aromatic N) is 2. The van der Waals surface area contributed by atoms with Gasteiger partial charge in [-0.05, 0) is 42.3 Å². The van der Waals surface area contributed by atoms with Gasteiger partial charge >= 0.3 is 0 Å². The fourth-order valence-electron chi connectivity index (χ4n) is 2.69. The minimum atomic E-state index is -0.930. The summed E-state index contributed by atoms with van der Waals surface area (Å²) in [6.45, 7) is 1.76. The van der Waals surface area contributed by atoms with Gasteiger partial charge in [-0.2, -0.15) is 0 Å². The molecule has 0 saturated carbocycles. The van der Waals surface area contributed by atoms with E-state index in [1.807, 2.05) is 0 Å². The maximum atomic E-state index is 13.2. The Hall–Kier alpha value is -2.73. The number of aliphatic hydroxyl groups is 1. The zero-order valence-electron chi connectivity index (χ0n) is 13.4. The summed E-state index contributed by atoms with van der Waals surface area (Å²) in [4.78, 5) is 16.8. The van der Waals surface area contributed by atoms with Crippen molar-refractivity contribution in [1.82, 2.24) is 9.55 Å². The molecule has 1 N–H and O–H groups in total. The monoisotopic (exact) mass is 328 g/mol. The first-order valence-corrected chi connectivity index (χ1v) is 7.47. The van der Waals surface area contributed by atoms with Crippen molar-refractivity contribution in [1.29, 1.82) is 0 Å². The van der Waals surface area contributed by atoms with E-state index in [9.17, 15) is 14.3 Å². The predicted molar refractivity (Wildman–Crippen MR) is 88.7 cm³/mol. The molecule has 1 aromatic heterocycles. The Morgan fingerprint density at radius 3 is 2.79 bits per heavy atom. The predicted octanol–water partition coefficient (Wildman–Crippen LogP) is 2.59. The number of aromatic nitrogens is 2. The van der Waals surface area contributed by atoms with Crippen LogP contribution in [0.15, 0.2) is 47.5 Å². The maximum Gasteiger partial charge on any atom is 0.261 e. The Labute approximate surface area is 138 Å². The molecular weight excluding hydrogens is 311 g/mol. The van der Waals surface area contributed by atoms with Crippen molar-refractivity contribution in [3.05, 3.63) is 70.0 Å². The van der Waals surface area contributed by atoms with Crippen molar-refractivity contribution in [3.8, 4) is 5.75 Å². The quantitative estimate of drug-likeness (QED) is 0.799. The highest BCUT2D eigenvalue weighted by molar-refractivity contribution is 5.78. The van der Waals surface area contributed by atoms with Crippen LogP contribution in [0.5, 0.6) is 5.75 Å². The molecule has 24 heavy (non-hydrogen) atoms. The topological polar surface area (TPSA) is 64.3 Å². The van der Waals surface area contributed by atoms with Gasteiger partial charge in [0.1, 0.15) is 11.6 Å². The third kappa shape index (κ3) is 3.00. The van der Waals surface area contributed by atoms with Crippen LogP contribution in [0.3, 0.4) is 0 Å². The molecule has 0 aliphatic carbocycles. The molecule has 0 radical (unpaired) electrons. The lowest BCUT2D eigenvalue weighted by molar-refractivity contribution is 0.154. The van der Waals surface area contributed by atoms with Crippen LogP contribution in [0.2, 0.25) is 0 Å². The molecule has 3 aromatic rings. The zero-order valence-corrected chi connectivity index (χ0v) is 13.4. The lowest BCUT2D eigenvalue weighted by atomic mass is 10.0. The molecule has 0 spiro atoms. The van der Waals surface area contributed by atoms with E-state index in [1.54, 1.807) is 32.2 Å². The van der Waals surface area contributed by atoms with E-state index in [1.165, 1.54) is 29.1 Å². The molecule has 0 fully saturated rings. The molecule has 5 nitrogen and oxygen atoms in total. The van der Waals surface area contributed by atoms with Crippen LogP contribution < -0.4 is 10.3 Å². The number of rotatable bonds is 4. The van der Waals surface area contributed by atoms with Crippen LogP contribution >= 0.6 is 0 Å². The van der Waals surface area contributed by atoms with E-state index in [-0.39, 0.29) is 17.9 Å². The number of aryl methyl sites for hydroxylation is 1. The number of fused-ring (bicyclic) bond motifs is 1. The highest BCUT2D eigenvalue weighted by Crippen LogP contribution is 2.20. The molecule has 0 aliphatic rings.